The molecule has 5 rings (SSSR count). The van der Waals surface area contributed by atoms with Crippen LogP contribution in [-0.4, -0.2) is 41.0 Å². The Morgan fingerprint density at radius 3 is 2.78 bits per heavy atom. The number of esters is 1. The number of halogens is 2. The van der Waals surface area contributed by atoms with Gasteiger partial charge < -0.3 is 24.1 Å². The number of oxime groups is 1. The summed E-state index contributed by atoms with van der Waals surface area (Å²) in [4.78, 5) is 44.5. The van der Waals surface area contributed by atoms with E-state index in [2.05, 4.69) is 5.16 Å². The molecule has 0 saturated heterocycles. The highest BCUT2D eigenvalue weighted by Crippen LogP contribution is 2.47. The van der Waals surface area contributed by atoms with Crippen molar-refractivity contribution in [3.63, 3.8) is 0 Å². The first-order valence-corrected chi connectivity index (χ1v) is 12.3. The Kier molecular flexibility index (Phi) is 6.09. The number of ether oxygens (including phenoxy) is 1. The molecule has 36 heavy (non-hydrogen) atoms. The fourth-order valence-electron chi connectivity index (χ4n) is 5.01. The third-order valence-corrected chi connectivity index (χ3v) is 7.99. The van der Waals surface area contributed by atoms with Gasteiger partial charge in [0, 0.05) is 35.9 Å². The van der Waals surface area contributed by atoms with E-state index in [-0.39, 0.29) is 36.3 Å². The van der Waals surface area contributed by atoms with Gasteiger partial charge in [-0.3, -0.25) is 4.79 Å². The van der Waals surface area contributed by atoms with Crippen LogP contribution in [0.4, 0.5) is 10.1 Å². The highest BCUT2D eigenvalue weighted by atomic mass is 127. The lowest BCUT2D eigenvalue weighted by Gasteiger charge is -2.39. The van der Waals surface area contributed by atoms with E-state index in [9.17, 15) is 23.9 Å². The van der Waals surface area contributed by atoms with Crippen LogP contribution < -0.4 is 10.5 Å². The first-order chi connectivity index (χ1) is 17.2. The zero-order valence-corrected chi connectivity index (χ0v) is 21.6. The highest BCUT2D eigenvalue weighted by molar-refractivity contribution is 14.1. The fourth-order valence-corrected chi connectivity index (χ4v) is 5.87. The van der Waals surface area contributed by atoms with Crippen LogP contribution in [0, 0.1) is 5.82 Å². The normalized spacial score (nSPS) is 21.7. The van der Waals surface area contributed by atoms with E-state index in [4.69, 9.17) is 9.57 Å². The second-order valence-electron chi connectivity index (χ2n) is 8.64. The van der Waals surface area contributed by atoms with Crippen molar-refractivity contribution in [2.75, 3.05) is 18.6 Å². The first-order valence-electron chi connectivity index (χ1n) is 11.2. The van der Waals surface area contributed by atoms with Gasteiger partial charge in [0.15, 0.2) is 5.60 Å². The third-order valence-electron chi connectivity index (χ3n) is 6.83. The molecule has 11 heteroatoms. The lowest BCUT2D eigenvalue weighted by Crippen LogP contribution is -2.44. The molecule has 3 aliphatic rings. The minimum absolute atomic E-state index is 0.0636. The van der Waals surface area contributed by atoms with Crippen molar-refractivity contribution in [2.24, 2.45) is 5.16 Å². The standard InChI is InChI=1S/C25H21FIN3O6/c1-3-25(34)18-4-6-29(23(32)17(18)12-36-24(25)33)10-20-21(27)16(11-31)14-8-13(26)9-15-19(28-35-2)5-7-30(20)22(14)15/h4,6,8-9,34H,3,5,7,10,12H2,1-2H3/b28-19-/t25-/m0/s1. The zero-order valence-electron chi connectivity index (χ0n) is 19.4. The maximum absolute atomic E-state index is 14.5. The van der Waals surface area contributed by atoms with Gasteiger partial charge in [0.25, 0.3) is 5.56 Å². The topological polar surface area (TPSA) is 110 Å². The van der Waals surface area contributed by atoms with E-state index >= 15 is 0 Å². The number of hydrogen-bond donors (Lipinski definition) is 1. The van der Waals surface area contributed by atoms with Gasteiger partial charge in [0.05, 0.1) is 38.4 Å². The monoisotopic (exact) mass is 605 g/mol. The highest BCUT2D eigenvalue weighted by Gasteiger charge is 2.44. The maximum atomic E-state index is 14.5. The smallest absolute Gasteiger partial charge is 0.343 e. The number of anilines is 1. The molecule has 4 heterocycles. The van der Waals surface area contributed by atoms with Crippen molar-refractivity contribution < 1.29 is 28.7 Å². The van der Waals surface area contributed by atoms with Crippen LogP contribution in [0.15, 0.2) is 43.6 Å². The molecule has 2 aromatic rings. The van der Waals surface area contributed by atoms with E-state index in [0.29, 0.717) is 44.8 Å². The molecule has 0 radical (unpaired) electrons. The minimum atomic E-state index is -1.88. The Morgan fingerprint density at radius 2 is 2.08 bits per heavy atom. The molecule has 1 aromatic heterocycles. The van der Waals surface area contributed by atoms with Gasteiger partial charge in [-0.05, 0) is 47.2 Å². The van der Waals surface area contributed by atoms with Crippen LogP contribution in [0.1, 0.15) is 42.0 Å². The number of rotatable bonds is 4. The Morgan fingerprint density at radius 1 is 1.33 bits per heavy atom. The third kappa shape index (κ3) is 3.53. The second kappa shape index (κ2) is 8.99. The summed E-state index contributed by atoms with van der Waals surface area (Å²) in [6.07, 6.45) is 2.04. The number of pyridine rings is 1. The quantitative estimate of drug-likeness (QED) is 0.247. The van der Waals surface area contributed by atoms with E-state index in [1.807, 2.05) is 33.4 Å². The van der Waals surface area contributed by atoms with Crippen molar-refractivity contribution in [1.82, 2.24) is 4.57 Å². The van der Waals surface area contributed by atoms with Gasteiger partial charge in [0.2, 0.25) is 0 Å². The average Bonchev–Trinajstić information content (AvgIpc) is 2.86. The summed E-state index contributed by atoms with van der Waals surface area (Å²) in [5.41, 5.74) is 1.07. The van der Waals surface area contributed by atoms with Crippen LogP contribution in [0.2, 0.25) is 0 Å². The van der Waals surface area contributed by atoms with Crippen LogP contribution in [0.25, 0.3) is 5.57 Å². The molecular formula is C25H21FIN3O6. The predicted molar refractivity (Wildman–Crippen MR) is 137 cm³/mol. The molecule has 0 spiro atoms. The van der Waals surface area contributed by atoms with E-state index in [0.717, 1.165) is 0 Å². The Balaban J connectivity index is 1.64. The number of allylic oxidation sites excluding steroid dienone is 3. The molecule has 9 nitrogen and oxygen atoms in total. The molecule has 0 saturated carbocycles. The zero-order chi connectivity index (χ0) is 25.8. The molecule has 1 atom stereocenters. The van der Waals surface area contributed by atoms with E-state index in [1.165, 1.54) is 30.0 Å². The van der Waals surface area contributed by atoms with E-state index < -0.39 is 22.9 Å². The molecule has 1 aromatic carbocycles. The summed E-state index contributed by atoms with van der Waals surface area (Å²) in [6, 6.07) is 4.20. The fraction of sp³-hybridized carbons (Fsp3) is 0.320. The molecule has 0 fully saturated rings. The number of fused-ring (bicyclic) bond motifs is 1. The number of carbonyl (C=O) groups is 1. The van der Waals surface area contributed by atoms with Gasteiger partial charge in [-0.25, -0.2) is 14.0 Å². The predicted octanol–water partition coefficient (Wildman–Crippen LogP) is 2.78. The SMILES string of the molecule is CC[C@@]1(O)C(=O)OCc2c1ccn(CC1=C(I)C(=C=O)c3cc(F)cc4c3N1CC/C4=N/OC)c2=O. The molecule has 0 aliphatic carbocycles. The number of aromatic nitrogens is 1. The number of benzene rings is 1. The number of cyclic esters (lactones) is 1. The molecule has 1 N–H and O–H groups in total. The summed E-state index contributed by atoms with van der Waals surface area (Å²) >= 11 is 2.02. The van der Waals surface area contributed by atoms with Crippen LogP contribution in [0.3, 0.4) is 0 Å². The largest absolute Gasteiger partial charge is 0.458 e. The Hall–Kier alpha value is -3.28. The molecule has 186 valence electrons. The second-order valence-corrected chi connectivity index (χ2v) is 9.72. The van der Waals surface area contributed by atoms with Gasteiger partial charge >= 0.3 is 5.97 Å². The van der Waals surface area contributed by atoms with Gasteiger partial charge in [-0.1, -0.05) is 12.1 Å². The summed E-state index contributed by atoms with van der Waals surface area (Å²) in [5, 5.41) is 14.9. The van der Waals surface area contributed by atoms with Gasteiger partial charge in [0.1, 0.15) is 25.5 Å². The molecular weight excluding hydrogens is 584 g/mol. The Bertz CT molecular complexity index is 1490. The number of carbonyl (C=O) groups excluding carboxylic acids is 2. The van der Waals surface area contributed by atoms with Gasteiger partial charge in [-0.15, -0.1) is 0 Å². The summed E-state index contributed by atoms with van der Waals surface area (Å²) in [7, 11) is 1.41. The van der Waals surface area contributed by atoms with Gasteiger partial charge in [-0.2, -0.15) is 0 Å². The minimum Gasteiger partial charge on any atom is -0.458 e. The van der Waals surface area contributed by atoms with Crippen molar-refractivity contribution in [2.45, 2.75) is 38.5 Å². The summed E-state index contributed by atoms with van der Waals surface area (Å²) in [6.45, 7) is 1.95. The molecule has 0 unspecified atom stereocenters. The maximum Gasteiger partial charge on any atom is 0.343 e. The van der Waals surface area contributed by atoms with Crippen molar-refractivity contribution in [3.8, 4) is 0 Å². The summed E-state index contributed by atoms with van der Waals surface area (Å²) < 4.78 is 21.6. The number of aliphatic hydroxyl groups is 1. The number of hydrogen-bond acceptors (Lipinski definition) is 8. The van der Waals surface area contributed by atoms with E-state index in [1.54, 1.807) is 13.0 Å². The first kappa shape index (κ1) is 24.4. The van der Waals surface area contributed by atoms with Crippen molar-refractivity contribution in [1.29, 1.82) is 0 Å². The Labute approximate surface area is 218 Å². The molecule has 0 bridgehead atoms. The average molecular weight is 605 g/mol. The lowest BCUT2D eigenvalue weighted by atomic mass is 9.86. The van der Waals surface area contributed by atoms with Crippen molar-refractivity contribution in [3.05, 3.63) is 72.1 Å². The molecule has 0 amide bonds. The lowest BCUT2D eigenvalue weighted by molar-refractivity contribution is -0.172. The van der Waals surface area contributed by atoms with Crippen LogP contribution in [-0.2, 0) is 37.9 Å². The van der Waals surface area contributed by atoms with Crippen LogP contribution in [0.5, 0.6) is 0 Å². The summed E-state index contributed by atoms with van der Waals surface area (Å²) in [5.74, 6) is 0.648. The molecule has 3 aliphatic heterocycles. The van der Waals surface area contributed by atoms with Crippen molar-refractivity contribution >= 4 is 51.5 Å². The number of nitrogens with zero attached hydrogens (tertiary/aromatic N) is 3. The van der Waals surface area contributed by atoms with Crippen LogP contribution >= 0.6 is 22.6 Å².